The van der Waals surface area contributed by atoms with Crippen LogP contribution < -0.4 is 19.1 Å². The number of anilines is 1. The van der Waals surface area contributed by atoms with E-state index in [1.54, 1.807) is 24.3 Å². The lowest BCUT2D eigenvalue weighted by Gasteiger charge is -2.22. The summed E-state index contributed by atoms with van der Waals surface area (Å²) in [5.74, 6) is 0.232. The van der Waals surface area contributed by atoms with E-state index in [0.29, 0.717) is 49.2 Å². The highest BCUT2D eigenvalue weighted by Gasteiger charge is 2.22. The van der Waals surface area contributed by atoms with Crippen LogP contribution in [0.25, 0.3) is 0 Å². The standard InChI is InChI=1S/C23H23ClN2O6/c1-2-29-18-7-5-17(6-8-18)26(10-3-9-25)21(27)15-32-23(28)16-13-19(24)22-20(14-16)30-11-4-12-31-22/h5-8,13-14H,2-4,10-12,15H2,1H3. The largest absolute Gasteiger partial charge is 0.494 e. The first kappa shape index (κ1) is 23.2. The Labute approximate surface area is 191 Å². The van der Waals surface area contributed by atoms with E-state index in [1.165, 1.54) is 17.0 Å². The summed E-state index contributed by atoms with van der Waals surface area (Å²) in [5.41, 5.74) is 0.722. The minimum atomic E-state index is -0.720. The zero-order chi connectivity index (χ0) is 22.9. The Kier molecular flexibility index (Phi) is 8.17. The van der Waals surface area contributed by atoms with Gasteiger partial charge in [-0.2, -0.15) is 5.26 Å². The molecule has 1 amide bonds. The van der Waals surface area contributed by atoms with Crippen LogP contribution in [0, 0.1) is 11.3 Å². The second-order valence-electron chi connectivity index (χ2n) is 6.79. The van der Waals surface area contributed by atoms with Gasteiger partial charge in [-0.25, -0.2) is 4.79 Å². The van der Waals surface area contributed by atoms with Crippen molar-refractivity contribution in [3.8, 4) is 23.3 Å². The summed E-state index contributed by atoms with van der Waals surface area (Å²) in [7, 11) is 0. The molecule has 0 atom stereocenters. The van der Waals surface area contributed by atoms with Gasteiger partial charge in [0.2, 0.25) is 0 Å². The minimum Gasteiger partial charge on any atom is -0.494 e. The summed E-state index contributed by atoms with van der Waals surface area (Å²) < 4.78 is 21.8. The van der Waals surface area contributed by atoms with Gasteiger partial charge in [-0.3, -0.25) is 4.79 Å². The normalized spacial score (nSPS) is 12.3. The number of carbonyl (C=O) groups excluding carboxylic acids is 2. The predicted octanol–water partition coefficient (Wildman–Crippen LogP) is 4.00. The molecule has 0 saturated heterocycles. The molecule has 0 bridgehead atoms. The van der Waals surface area contributed by atoms with Crippen molar-refractivity contribution in [3.63, 3.8) is 0 Å². The number of nitrogens with zero attached hydrogens (tertiary/aromatic N) is 2. The summed E-state index contributed by atoms with van der Waals surface area (Å²) in [6, 6.07) is 11.8. The Morgan fingerprint density at radius 1 is 1.19 bits per heavy atom. The van der Waals surface area contributed by atoms with E-state index in [9.17, 15) is 9.59 Å². The third kappa shape index (κ3) is 5.83. The SMILES string of the molecule is CCOc1ccc(N(CCC#N)C(=O)COC(=O)c2cc(Cl)c3c(c2)OCCCO3)cc1. The number of ether oxygens (including phenoxy) is 4. The molecule has 1 aliphatic rings. The van der Waals surface area contributed by atoms with E-state index in [2.05, 4.69) is 0 Å². The van der Waals surface area contributed by atoms with Crippen LogP contribution in [-0.4, -0.2) is 44.8 Å². The van der Waals surface area contributed by atoms with Crippen molar-refractivity contribution >= 4 is 29.2 Å². The highest BCUT2D eigenvalue weighted by molar-refractivity contribution is 6.32. The minimum absolute atomic E-state index is 0.130. The van der Waals surface area contributed by atoms with Crippen LogP contribution in [0.15, 0.2) is 36.4 Å². The third-order valence-electron chi connectivity index (χ3n) is 4.57. The van der Waals surface area contributed by atoms with E-state index in [4.69, 9.17) is 35.8 Å². The fourth-order valence-electron chi connectivity index (χ4n) is 3.09. The molecule has 2 aromatic rings. The van der Waals surface area contributed by atoms with Crippen LogP contribution in [0.1, 0.15) is 30.1 Å². The Balaban J connectivity index is 1.69. The van der Waals surface area contributed by atoms with E-state index < -0.39 is 18.5 Å². The number of hydrogen-bond donors (Lipinski definition) is 0. The molecule has 0 spiro atoms. The summed E-state index contributed by atoms with van der Waals surface area (Å²) in [6.45, 7) is 2.98. The van der Waals surface area contributed by atoms with E-state index in [1.807, 2.05) is 13.0 Å². The van der Waals surface area contributed by atoms with Crippen molar-refractivity contribution in [2.24, 2.45) is 0 Å². The number of fused-ring (bicyclic) bond motifs is 1. The molecule has 1 heterocycles. The van der Waals surface area contributed by atoms with Crippen LogP contribution in [0.3, 0.4) is 0 Å². The molecule has 1 aliphatic heterocycles. The van der Waals surface area contributed by atoms with Crippen LogP contribution in [0.4, 0.5) is 5.69 Å². The van der Waals surface area contributed by atoms with Gasteiger partial charge in [0, 0.05) is 18.7 Å². The quantitative estimate of drug-likeness (QED) is 0.551. The molecule has 0 unspecified atom stereocenters. The summed E-state index contributed by atoms with van der Waals surface area (Å²) in [5, 5.41) is 9.17. The average Bonchev–Trinajstić information content (AvgIpc) is 3.05. The van der Waals surface area contributed by atoms with Gasteiger partial charge >= 0.3 is 5.97 Å². The van der Waals surface area contributed by atoms with Crippen molar-refractivity contribution in [1.82, 2.24) is 0 Å². The Bertz CT molecular complexity index is 1000. The molecule has 3 rings (SSSR count). The summed E-state index contributed by atoms with van der Waals surface area (Å²) in [4.78, 5) is 26.7. The van der Waals surface area contributed by atoms with Gasteiger partial charge in [0.25, 0.3) is 5.91 Å². The number of benzene rings is 2. The molecule has 8 nitrogen and oxygen atoms in total. The molecule has 0 saturated carbocycles. The van der Waals surface area contributed by atoms with Gasteiger partial charge in [-0.1, -0.05) is 11.6 Å². The number of halogens is 1. The molecule has 32 heavy (non-hydrogen) atoms. The maximum absolute atomic E-state index is 12.8. The fraction of sp³-hybridized carbons (Fsp3) is 0.348. The van der Waals surface area contributed by atoms with Crippen molar-refractivity contribution < 1.29 is 28.5 Å². The molecular formula is C23H23ClN2O6. The molecular weight excluding hydrogens is 436 g/mol. The van der Waals surface area contributed by atoms with Gasteiger partial charge in [-0.15, -0.1) is 0 Å². The zero-order valence-electron chi connectivity index (χ0n) is 17.6. The molecule has 0 fully saturated rings. The molecule has 168 valence electrons. The monoisotopic (exact) mass is 458 g/mol. The fourth-order valence-corrected chi connectivity index (χ4v) is 3.35. The van der Waals surface area contributed by atoms with Crippen molar-refractivity contribution in [2.45, 2.75) is 19.8 Å². The first-order valence-corrected chi connectivity index (χ1v) is 10.6. The number of rotatable bonds is 8. The number of esters is 1. The number of carbonyl (C=O) groups is 2. The molecule has 9 heteroatoms. The number of amides is 1. The van der Waals surface area contributed by atoms with Gasteiger partial charge in [0.1, 0.15) is 5.75 Å². The summed E-state index contributed by atoms with van der Waals surface area (Å²) >= 11 is 6.22. The predicted molar refractivity (Wildman–Crippen MR) is 118 cm³/mol. The van der Waals surface area contributed by atoms with Crippen LogP contribution in [0.2, 0.25) is 5.02 Å². The van der Waals surface area contributed by atoms with Gasteiger partial charge in [-0.05, 0) is 43.3 Å². The zero-order valence-corrected chi connectivity index (χ0v) is 18.4. The summed E-state index contributed by atoms with van der Waals surface area (Å²) in [6.07, 6.45) is 0.827. The van der Waals surface area contributed by atoms with Gasteiger partial charge in [0.15, 0.2) is 18.1 Å². The maximum Gasteiger partial charge on any atom is 0.338 e. The molecule has 2 aromatic carbocycles. The topological polar surface area (TPSA) is 98.1 Å². The molecule has 0 radical (unpaired) electrons. The number of hydrogen-bond acceptors (Lipinski definition) is 7. The average molecular weight is 459 g/mol. The lowest BCUT2D eigenvalue weighted by Crippen LogP contribution is -2.35. The van der Waals surface area contributed by atoms with E-state index >= 15 is 0 Å². The Morgan fingerprint density at radius 3 is 2.66 bits per heavy atom. The Hall–Kier alpha value is -3.44. The highest BCUT2D eigenvalue weighted by atomic mass is 35.5. The van der Waals surface area contributed by atoms with Crippen molar-refractivity contribution in [3.05, 3.63) is 47.0 Å². The molecule has 0 aromatic heterocycles. The molecule has 0 N–H and O–H groups in total. The first-order chi connectivity index (χ1) is 15.5. The van der Waals surface area contributed by atoms with Crippen LogP contribution >= 0.6 is 11.6 Å². The highest BCUT2D eigenvalue weighted by Crippen LogP contribution is 2.38. The van der Waals surface area contributed by atoms with E-state index in [-0.39, 0.29) is 23.6 Å². The smallest absolute Gasteiger partial charge is 0.338 e. The van der Waals surface area contributed by atoms with Crippen molar-refractivity contribution in [1.29, 1.82) is 5.26 Å². The van der Waals surface area contributed by atoms with Gasteiger partial charge in [0.05, 0.1) is 42.9 Å². The van der Waals surface area contributed by atoms with Crippen LogP contribution in [-0.2, 0) is 9.53 Å². The van der Waals surface area contributed by atoms with Crippen LogP contribution in [0.5, 0.6) is 17.2 Å². The lowest BCUT2D eigenvalue weighted by molar-refractivity contribution is -0.121. The number of nitriles is 1. The second-order valence-corrected chi connectivity index (χ2v) is 7.20. The van der Waals surface area contributed by atoms with E-state index in [0.717, 1.165) is 0 Å². The van der Waals surface area contributed by atoms with Gasteiger partial charge < -0.3 is 23.8 Å². The second kappa shape index (κ2) is 11.3. The maximum atomic E-state index is 12.8. The lowest BCUT2D eigenvalue weighted by atomic mass is 10.2. The molecule has 0 aliphatic carbocycles. The first-order valence-electron chi connectivity index (χ1n) is 10.2. The Morgan fingerprint density at radius 2 is 1.94 bits per heavy atom. The third-order valence-corrected chi connectivity index (χ3v) is 4.85. The van der Waals surface area contributed by atoms with Crippen molar-refractivity contribution in [2.75, 3.05) is 37.9 Å².